The second-order valence-corrected chi connectivity index (χ2v) is 5.54. The van der Waals surface area contributed by atoms with Crippen LogP contribution >= 0.6 is 0 Å². The van der Waals surface area contributed by atoms with Crippen LogP contribution in [0, 0.1) is 5.92 Å². The minimum absolute atomic E-state index is 0.245. The second kappa shape index (κ2) is 9.52. The Hall–Kier alpha value is -1.40. The van der Waals surface area contributed by atoms with E-state index in [0.717, 1.165) is 38.4 Å². The van der Waals surface area contributed by atoms with Crippen LogP contribution < -0.4 is 16.0 Å². The maximum atomic E-state index is 12.0. The Balaban J connectivity index is 2.32. The van der Waals surface area contributed by atoms with E-state index in [4.69, 9.17) is 0 Å². The third-order valence-electron chi connectivity index (χ3n) is 4.02. The first kappa shape index (κ1) is 17.7. The molecule has 3 N–H and O–H groups in total. The Morgan fingerprint density at radius 2 is 2.05 bits per heavy atom. The lowest BCUT2D eigenvalue weighted by atomic mass is 9.93. The molecule has 0 spiro atoms. The molecule has 21 heavy (non-hydrogen) atoms. The zero-order valence-electron chi connectivity index (χ0n) is 13.2. The number of imide groups is 1. The quantitative estimate of drug-likeness (QED) is 0.605. The number of carbonyl (C=O) groups excluding carboxylic acids is 2. The molecule has 1 rings (SSSR count). The van der Waals surface area contributed by atoms with Crippen molar-refractivity contribution >= 4 is 11.9 Å². The highest BCUT2D eigenvalue weighted by atomic mass is 16.2. The van der Waals surface area contributed by atoms with Gasteiger partial charge in [-0.05, 0) is 58.8 Å². The molecule has 1 unspecified atom stereocenters. The summed E-state index contributed by atoms with van der Waals surface area (Å²) in [6.45, 7) is 8.58. The molecular formula is C15H28N4O2. The van der Waals surface area contributed by atoms with Crippen LogP contribution in [-0.4, -0.2) is 56.1 Å². The molecule has 3 amide bonds. The highest BCUT2D eigenvalue weighted by Gasteiger charge is 2.27. The first-order chi connectivity index (χ1) is 10.1. The Labute approximate surface area is 127 Å². The number of urea groups is 1. The van der Waals surface area contributed by atoms with Gasteiger partial charge in [-0.2, -0.15) is 0 Å². The van der Waals surface area contributed by atoms with Crippen LogP contribution in [0.25, 0.3) is 0 Å². The lowest BCUT2D eigenvalue weighted by molar-refractivity contribution is -0.125. The third kappa shape index (κ3) is 6.27. The van der Waals surface area contributed by atoms with Crippen LogP contribution in [0.15, 0.2) is 12.7 Å². The van der Waals surface area contributed by atoms with Crippen molar-refractivity contribution in [1.29, 1.82) is 0 Å². The van der Waals surface area contributed by atoms with Gasteiger partial charge >= 0.3 is 6.03 Å². The fourth-order valence-corrected chi connectivity index (χ4v) is 2.57. The van der Waals surface area contributed by atoms with E-state index in [1.807, 2.05) is 14.0 Å². The Kier molecular flexibility index (Phi) is 8.00. The fourth-order valence-electron chi connectivity index (χ4n) is 2.57. The summed E-state index contributed by atoms with van der Waals surface area (Å²) >= 11 is 0. The summed E-state index contributed by atoms with van der Waals surface area (Å²) in [5, 5.41) is 8.08. The van der Waals surface area contributed by atoms with Gasteiger partial charge in [0.2, 0.25) is 5.91 Å². The molecule has 0 saturated carbocycles. The summed E-state index contributed by atoms with van der Waals surface area (Å²) in [5.74, 6) is 0.491. The van der Waals surface area contributed by atoms with Crippen LogP contribution in [0.3, 0.4) is 0 Å². The van der Waals surface area contributed by atoms with Crippen LogP contribution in [-0.2, 0) is 4.79 Å². The molecule has 0 aromatic heterocycles. The molecule has 1 saturated heterocycles. The van der Waals surface area contributed by atoms with E-state index < -0.39 is 6.03 Å². The maximum Gasteiger partial charge on any atom is 0.321 e. The predicted molar refractivity (Wildman–Crippen MR) is 84.0 cm³/mol. The van der Waals surface area contributed by atoms with E-state index >= 15 is 0 Å². The van der Waals surface area contributed by atoms with Crippen molar-refractivity contribution in [3.63, 3.8) is 0 Å². The summed E-state index contributed by atoms with van der Waals surface area (Å²) < 4.78 is 0. The molecule has 0 aliphatic carbocycles. The average Bonchev–Trinajstić information content (AvgIpc) is 2.50. The van der Waals surface area contributed by atoms with Crippen molar-refractivity contribution in [2.24, 2.45) is 5.92 Å². The summed E-state index contributed by atoms with van der Waals surface area (Å²) in [5.41, 5.74) is 0. The van der Waals surface area contributed by atoms with Gasteiger partial charge in [0, 0.05) is 6.54 Å². The molecule has 0 bridgehead atoms. The van der Waals surface area contributed by atoms with Crippen LogP contribution in [0.2, 0.25) is 0 Å². The third-order valence-corrected chi connectivity index (χ3v) is 4.02. The monoisotopic (exact) mass is 296 g/mol. The zero-order chi connectivity index (χ0) is 15.7. The number of hydrogen-bond donors (Lipinski definition) is 3. The van der Waals surface area contributed by atoms with Crippen molar-refractivity contribution in [1.82, 2.24) is 20.9 Å². The van der Waals surface area contributed by atoms with Crippen molar-refractivity contribution < 1.29 is 9.59 Å². The maximum absolute atomic E-state index is 12.0. The van der Waals surface area contributed by atoms with Gasteiger partial charge in [-0.15, -0.1) is 6.58 Å². The molecule has 6 nitrogen and oxygen atoms in total. The molecule has 6 heteroatoms. The molecular weight excluding hydrogens is 268 g/mol. The van der Waals surface area contributed by atoms with E-state index in [9.17, 15) is 9.59 Å². The first-order valence-electron chi connectivity index (χ1n) is 7.66. The summed E-state index contributed by atoms with van der Waals surface area (Å²) in [4.78, 5) is 25.6. The van der Waals surface area contributed by atoms with Gasteiger partial charge in [-0.1, -0.05) is 6.08 Å². The molecule has 1 aliphatic rings. The summed E-state index contributed by atoms with van der Waals surface area (Å²) in [6, 6.07) is -0.736. The minimum atomic E-state index is -0.462. The predicted octanol–water partition coefficient (Wildman–Crippen LogP) is 0.708. The van der Waals surface area contributed by atoms with Gasteiger partial charge in [0.15, 0.2) is 0 Å². The van der Waals surface area contributed by atoms with Crippen LogP contribution in [0.1, 0.15) is 26.2 Å². The van der Waals surface area contributed by atoms with E-state index in [0.29, 0.717) is 6.54 Å². The number of carbonyl (C=O) groups is 2. The number of amides is 3. The molecule has 1 aliphatic heterocycles. The van der Waals surface area contributed by atoms with Gasteiger partial charge in [-0.25, -0.2) is 4.79 Å². The summed E-state index contributed by atoms with van der Waals surface area (Å²) in [6.07, 6.45) is 4.99. The van der Waals surface area contributed by atoms with Crippen molar-refractivity contribution in [3.05, 3.63) is 12.7 Å². The van der Waals surface area contributed by atoms with Crippen LogP contribution in [0.4, 0.5) is 4.79 Å². The van der Waals surface area contributed by atoms with Crippen LogP contribution in [0.5, 0.6) is 0 Å². The van der Waals surface area contributed by atoms with Crippen molar-refractivity contribution in [2.75, 3.05) is 33.2 Å². The molecule has 1 fully saturated rings. The van der Waals surface area contributed by atoms with E-state index in [1.165, 1.54) is 6.42 Å². The van der Waals surface area contributed by atoms with E-state index in [2.05, 4.69) is 27.4 Å². The number of hydrogen-bond acceptors (Lipinski definition) is 4. The highest BCUT2D eigenvalue weighted by molar-refractivity contribution is 5.96. The summed E-state index contributed by atoms with van der Waals surface area (Å²) in [7, 11) is 1.97. The van der Waals surface area contributed by atoms with E-state index in [1.54, 1.807) is 6.08 Å². The highest BCUT2D eigenvalue weighted by Crippen LogP contribution is 2.21. The molecule has 0 aromatic carbocycles. The van der Waals surface area contributed by atoms with Gasteiger partial charge in [-0.3, -0.25) is 15.0 Å². The van der Waals surface area contributed by atoms with E-state index in [-0.39, 0.29) is 11.9 Å². The molecule has 120 valence electrons. The smallest absolute Gasteiger partial charge is 0.321 e. The Morgan fingerprint density at radius 1 is 1.38 bits per heavy atom. The Bertz CT molecular complexity index is 352. The number of piperidine rings is 1. The zero-order valence-corrected chi connectivity index (χ0v) is 13.2. The molecule has 0 radical (unpaired) electrons. The first-order valence-corrected chi connectivity index (χ1v) is 7.66. The second-order valence-electron chi connectivity index (χ2n) is 5.54. The molecule has 1 heterocycles. The molecule has 1 atom stereocenters. The van der Waals surface area contributed by atoms with Crippen molar-refractivity contribution in [2.45, 2.75) is 32.2 Å². The van der Waals surface area contributed by atoms with Gasteiger partial charge in [0.1, 0.15) is 0 Å². The fraction of sp³-hybridized carbons (Fsp3) is 0.733. The largest absolute Gasteiger partial charge is 0.334 e. The lowest BCUT2D eigenvalue weighted by Gasteiger charge is -2.35. The average molecular weight is 296 g/mol. The van der Waals surface area contributed by atoms with Gasteiger partial charge in [0.25, 0.3) is 0 Å². The standard InChI is InChI=1S/C15H28N4O2/c1-4-8-17-15(21)18-14(20)12(2)19-10-6-13(7-11-19)5-9-16-3/h4,12-13,16H,1,5-11H2,2-3H3,(H2,17,18,20,21). The van der Waals surface area contributed by atoms with Gasteiger partial charge < -0.3 is 10.6 Å². The van der Waals surface area contributed by atoms with Gasteiger partial charge in [0.05, 0.1) is 6.04 Å². The Morgan fingerprint density at radius 3 is 2.62 bits per heavy atom. The lowest BCUT2D eigenvalue weighted by Crippen LogP contribution is -2.51. The SMILES string of the molecule is C=CCNC(=O)NC(=O)C(C)N1CCC(CCNC)CC1. The number of nitrogens with zero attached hydrogens (tertiary/aromatic N) is 1. The van der Waals surface area contributed by atoms with Crippen molar-refractivity contribution in [3.8, 4) is 0 Å². The minimum Gasteiger partial charge on any atom is -0.334 e. The topological polar surface area (TPSA) is 73.5 Å². The number of rotatable bonds is 7. The normalized spacial score (nSPS) is 18.0. The number of nitrogens with one attached hydrogen (secondary N) is 3. The molecule has 0 aromatic rings. The number of likely N-dealkylation sites (tertiary alicyclic amines) is 1.